The SMILES string of the molecule is C=C1C[C@H](CCC2OCCO2)O[C@H]1CC[C@H]1C[C@H](C)C(=C)[C@@H](C[C@@H]2O[C@H](C[C@H](C)CC)[C@@H](C)[C@H]2CS(=O)(=O)c2ccc(CC)cc2)O1. The van der Waals surface area contributed by atoms with E-state index in [2.05, 4.69) is 47.8 Å². The van der Waals surface area contributed by atoms with Crippen LogP contribution in [0, 0.1) is 23.7 Å². The number of rotatable bonds is 15. The van der Waals surface area contributed by atoms with Crippen molar-refractivity contribution in [2.75, 3.05) is 19.0 Å². The maximum atomic E-state index is 13.8. The van der Waals surface area contributed by atoms with Crippen LogP contribution in [0.5, 0.6) is 0 Å². The van der Waals surface area contributed by atoms with Crippen molar-refractivity contribution < 1.29 is 32.1 Å². The monoisotopic (exact) mass is 672 g/mol. The molecule has 4 saturated heterocycles. The first-order chi connectivity index (χ1) is 22.5. The van der Waals surface area contributed by atoms with E-state index in [4.69, 9.17) is 23.7 Å². The Morgan fingerprint density at radius 3 is 2.23 bits per heavy atom. The molecule has 0 spiro atoms. The van der Waals surface area contributed by atoms with Gasteiger partial charge < -0.3 is 23.7 Å². The quantitative estimate of drug-likeness (QED) is 0.176. The molecule has 47 heavy (non-hydrogen) atoms. The second-order valence-electron chi connectivity index (χ2n) is 14.9. The second-order valence-corrected chi connectivity index (χ2v) is 16.9. The molecule has 4 aliphatic rings. The summed E-state index contributed by atoms with van der Waals surface area (Å²) in [6.07, 6.45) is 8.77. The normalized spacial score (nSPS) is 34.4. The van der Waals surface area contributed by atoms with Gasteiger partial charge in [-0.3, -0.25) is 0 Å². The summed E-state index contributed by atoms with van der Waals surface area (Å²) >= 11 is 0. The summed E-state index contributed by atoms with van der Waals surface area (Å²) in [5.74, 6) is 0.940. The lowest BCUT2D eigenvalue weighted by Crippen LogP contribution is -2.38. The van der Waals surface area contributed by atoms with Gasteiger partial charge in [-0.15, -0.1) is 0 Å². The van der Waals surface area contributed by atoms with Crippen molar-refractivity contribution in [1.29, 1.82) is 0 Å². The smallest absolute Gasteiger partial charge is 0.178 e. The molecule has 4 fully saturated rings. The van der Waals surface area contributed by atoms with Gasteiger partial charge >= 0.3 is 0 Å². The average Bonchev–Trinajstić information content (AvgIpc) is 3.77. The van der Waals surface area contributed by atoms with E-state index >= 15 is 0 Å². The van der Waals surface area contributed by atoms with Gasteiger partial charge in [-0.1, -0.05) is 66.3 Å². The van der Waals surface area contributed by atoms with Crippen molar-refractivity contribution in [1.82, 2.24) is 0 Å². The van der Waals surface area contributed by atoms with Crippen LogP contribution in [0.4, 0.5) is 0 Å². The van der Waals surface area contributed by atoms with Crippen molar-refractivity contribution in [2.45, 2.75) is 147 Å². The molecule has 8 heteroatoms. The Bertz CT molecular complexity index is 1290. The van der Waals surface area contributed by atoms with Crippen LogP contribution in [0.15, 0.2) is 53.5 Å². The lowest BCUT2D eigenvalue weighted by Gasteiger charge is -2.38. The maximum absolute atomic E-state index is 13.8. The topological polar surface area (TPSA) is 80.3 Å². The minimum atomic E-state index is -3.48. The average molecular weight is 673 g/mol. The Kier molecular flexibility index (Phi) is 12.8. The van der Waals surface area contributed by atoms with Crippen LogP contribution in [0.25, 0.3) is 0 Å². The Labute approximate surface area is 284 Å². The number of benzene rings is 1. The highest BCUT2D eigenvalue weighted by atomic mass is 32.2. The lowest BCUT2D eigenvalue weighted by molar-refractivity contribution is -0.0752. The second kappa shape index (κ2) is 16.4. The summed E-state index contributed by atoms with van der Waals surface area (Å²) in [5.41, 5.74) is 3.40. The number of aryl methyl sites for hydroxylation is 1. The molecule has 5 rings (SSSR count). The van der Waals surface area contributed by atoms with Crippen LogP contribution in [-0.4, -0.2) is 70.3 Å². The first-order valence-corrected chi connectivity index (χ1v) is 20.0. The third kappa shape index (κ3) is 9.37. The molecule has 4 aliphatic heterocycles. The van der Waals surface area contributed by atoms with E-state index in [9.17, 15) is 8.42 Å². The van der Waals surface area contributed by atoms with Gasteiger partial charge in [-0.25, -0.2) is 8.42 Å². The molecule has 0 aromatic heterocycles. The maximum Gasteiger partial charge on any atom is 0.178 e. The third-order valence-electron chi connectivity index (χ3n) is 11.5. The number of ether oxygens (including phenoxy) is 5. The molecule has 1 aromatic carbocycles. The molecular formula is C39H60O7S. The molecule has 0 unspecified atom stereocenters. The largest absolute Gasteiger partial charge is 0.374 e. The van der Waals surface area contributed by atoms with Gasteiger partial charge in [0.1, 0.15) is 0 Å². The zero-order valence-electron chi connectivity index (χ0n) is 29.5. The minimum absolute atomic E-state index is 0.0351. The van der Waals surface area contributed by atoms with Crippen molar-refractivity contribution in [3.63, 3.8) is 0 Å². The van der Waals surface area contributed by atoms with E-state index in [-0.39, 0.29) is 60.5 Å². The predicted molar refractivity (Wildman–Crippen MR) is 186 cm³/mol. The van der Waals surface area contributed by atoms with Gasteiger partial charge in [0.05, 0.1) is 60.5 Å². The molecule has 4 heterocycles. The zero-order valence-corrected chi connectivity index (χ0v) is 30.3. The van der Waals surface area contributed by atoms with Crippen molar-refractivity contribution in [3.8, 4) is 0 Å². The number of hydrogen-bond donors (Lipinski definition) is 0. The summed E-state index contributed by atoms with van der Waals surface area (Å²) in [5, 5.41) is 0. The molecule has 0 radical (unpaired) electrons. The number of hydrogen-bond acceptors (Lipinski definition) is 7. The van der Waals surface area contributed by atoms with E-state index in [0.29, 0.717) is 36.4 Å². The fourth-order valence-corrected chi connectivity index (χ4v) is 9.75. The first-order valence-electron chi connectivity index (χ1n) is 18.3. The van der Waals surface area contributed by atoms with E-state index < -0.39 is 9.84 Å². The van der Waals surface area contributed by atoms with E-state index in [0.717, 1.165) is 68.9 Å². The van der Waals surface area contributed by atoms with Crippen LogP contribution in [0.3, 0.4) is 0 Å². The van der Waals surface area contributed by atoms with Gasteiger partial charge in [0, 0.05) is 18.8 Å². The molecule has 0 bridgehead atoms. The molecule has 0 saturated carbocycles. The molecule has 0 N–H and O–H groups in total. The van der Waals surface area contributed by atoms with Crippen LogP contribution in [-0.2, 0) is 39.9 Å². The molecule has 7 nitrogen and oxygen atoms in total. The van der Waals surface area contributed by atoms with Crippen LogP contribution >= 0.6 is 0 Å². The Balaban J connectivity index is 1.22. The van der Waals surface area contributed by atoms with Crippen LogP contribution in [0.2, 0.25) is 0 Å². The van der Waals surface area contributed by atoms with Gasteiger partial charge in [0.2, 0.25) is 0 Å². The summed E-state index contributed by atoms with van der Waals surface area (Å²) in [6, 6.07) is 7.39. The highest BCUT2D eigenvalue weighted by molar-refractivity contribution is 7.91. The van der Waals surface area contributed by atoms with Crippen molar-refractivity contribution in [3.05, 3.63) is 54.1 Å². The molecular weight excluding hydrogens is 612 g/mol. The van der Waals surface area contributed by atoms with Crippen LogP contribution in [0.1, 0.15) is 98.0 Å². The van der Waals surface area contributed by atoms with Gasteiger partial charge in [0.25, 0.3) is 0 Å². The molecule has 10 atom stereocenters. The lowest BCUT2D eigenvalue weighted by atomic mass is 9.81. The third-order valence-corrected chi connectivity index (χ3v) is 13.3. The van der Waals surface area contributed by atoms with E-state index in [1.165, 1.54) is 5.57 Å². The summed E-state index contributed by atoms with van der Waals surface area (Å²) in [7, 11) is -3.48. The van der Waals surface area contributed by atoms with E-state index in [1.54, 1.807) is 12.1 Å². The molecule has 1 aromatic rings. The Morgan fingerprint density at radius 2 is 1.55 bits per heavy atom. The number of sulfone groups is 1. The van der Waals surface area contributed by atoms with Crippen molar-refractivity contribution in [2.24, 2.45) is 23.7 Å². The standard InChI is InChI=1S/C39H60O7S/c1-8-25(3)20-36-29(7)34(24-47(40,41)33-14-10-30(9-2)11-15-33)38(46-36)23-37-28(6)26(4)21-31(45-37)12-16-35-27(5)22-32(44-35)13-17-39-42-18-19-43-39/h10-11,14-15,25-26,29,31-32,34-39H,5-6,8-9,12-13,16-24H2,1-4,7H3/t25-,26+,29+,31+,32+,34-,35+,36-,37-,38+/m1/s1. The fraction of sp³-hybridized carbons (Fsp3) is 0.744. The molecule has 264 valence electrons. The highest BCUT2D eigenvalue weighted by Gasteiger charge is 2.46. The minimum Gasteiger partial charge on any atom is -0.374 e. The van der Waals surface area contributed by atoms with Gasteiger partial charge in [0.15, 0.2) is 16.1 Å². The summed E-state index contributed by atoms with van der Waals surface area (Å²) in [6.45, 7) is 21.1. The Morgan fingerprint density at radius 1 is 0.872 bits per heavy atom. The van der Waals surface area contributed by atoms with Crippen molar-refractivity contribution >= 4 is 9.84 Å². The summed E-state index contributed by atoms with van der Waals surface area (Å²) in [4.78, 5) is 0.399. The van der Waals surface area contributed by atoms with E-state index in [1.807, 2.05) is 12.1 Å². The predicted octanol–water partition coefficient (Wildman–Crippen LogP) is 7.87. The fourth-order valence-electron chi connectivity index (χ4n) is 7.99. The molecule has 0 aliphatic carbocycles. The Hall–Kier alpha value is -1.55. The van der Waals surface area contributed by atoms with Gasteiger partial charge in [-0.05, 0) is 91.5 Å². The highest BCUT2D eigenvalue weighted by Crippen LogP contribution is 2.43. The zero-order chi connectivity index (χ0) is 33.7. The van der Waals surface area contributed by atoms with Crippen LogP contribution < -0.4 is 0 Å². The first kappa shape index (κ1) is 36.7. The summed E-state index contributed by atoms with van der Waals surface area (Å²) < 4.78 is 58.7. The molecule has 0 amide bonds. The van der Waals surface area contributed by atoms with Gasteiger partial charge in [-0.2, -0.15) is 0 Å².